The molecule has 224 valence electrons. The Morgan fingerprint density at radius 1 is 1.02 bits per heavy atom. The highest BCUT2D eigenvalue weighted by Gasteiger charge is 2.26. The molecule has 0 saturated carbocycles. The third-order valence-corrected chi connectivity index (χ3v) is 7.06. The number of alkyl halides is 2. The Morgan fingerprint density at radius 3 is 2.42 bits per heavy atom. The summed E-state index contributed by atoms with van der Waals surface area (Å²) in [7, 11) is 0. The Hall–Kier alpha value is -5.11. The minimum atomic E-state index is -2.89. The molecule has 0 radical (unpaired) electrons. The van der Waals surface area contributed by atoms with Crippen LogP contribution in [0, 0.1) is 6.92 Å². The summed E-state index contributed by atoms with van der Waals surface area (Å²) in [6, 6.07) is 11.7. The number of ether oxygens (including phenoxy) is 1. The zero-order valence-corrected chi connectivity index (χ0v) is 23.3. The lowest BCUT2D eigenvalue weighted by Crippen LogP contribution is -2.53. The number of aryl methyl sites for hydroxylation is 1. The van der Waals surface area contributed by atoms with Crippen LogP contribution in [-0.4, -0.2) is 87.8 Å². The molecule has 4 N–H and O–H groups in total. The van der Waals surface area contributed by atoms with Gasteiger partial charge in [0.05, 0.1) is 25.0 Å². The van der Waals surface area contributed by atoms with Gasteiger partial charge in [0.25, 0.3) is 5.91 Å². The van der Waals surface area contributed by atoms with Crippen molar-refractivity contribution in [3.05, 3.63) is 72.2 Å². The molecule has 0 unspecified atom stereocenters. The summed E-state index contributed by atoms with van der Waals surface area (Å²) in [6.07, 6.45) is 5.04. The van der Waals surface area contributed by atoms with E-state index < -0.39 is 12.5 Å². The number of benzene rings is 2. The van der Waals surface area contributed by atoms with Crippen LogP contribution in [-0.2, 0) is 9.59 Å². The predicted molar refractivity (Wildman–Crippen MR) is 154 cm³/mol. The van der Waals surface area contributed by atoms with E-state index in [0.717, 1.165) is 16.8 Å². The highest BCUT2D eigenvalue weighted by Crippen LogP contribution is 2.28. The van der Waals surface area contributed by atoms with Gasteiger partial charge in [0.15, 0.2) is 11.5 Å². The number of nitrogens with one attached hydrogen (secondary N) is 2. The number of fused-ring (bicyclic) bond motifs is 1. The number of piperazine rings is 1. The molecule has 0 spiro atoms. The van der Waals surface area contributed by atoms with E-state index in [1.807, 2.05) is 17.4 Å². The van der Waals surface area contributed by atoms with E-state index in [2.05, 4.69) is 25.3 Å². The second kappa shape index (κ2) is 12.8. The summed E-state index contributed by atoms with van der Waals surface area (Å²) < 4.78 is 31.2. The van der Waals surface area contributed by atoms with Crippen LogP contribution in [0.3, 0.4) is 0 Å². The van der Waals surface area contributed by atoms with E-state index in [-0.39, 0.29) is 30.7 Å². The topological polar surface area (TPSA) is 147 Å². The van der Waals surface area contributed by atoms with Gasteiger partial charge < -0.3 is 30.9 Å². The molecule has 3 amide bonds. The summed E-state index contributed by atoms with van der Waals surface area (Å²) in [6.45, 7) is 0.160. The van der Waals surface area contributed by atoms with Crippen LogP contribution in [0.25, 0.3) is 16.9 Å². The van der Waals surface area contributed by atoms with Gasteiger partial charge >= 0.3 is 6.61 Å². The number of hydrogen-bond acceptors (Lipinski definition) is 8. The fraction of sp³-hybridized carbons (Fsp3) is 0.276. The van der Waals surface area contributed by atoms with Gasteiger partial charge in [-0.15, -0.1) is 0 Å². The number of carbonyl (C=O) groups excluding carboxylic acids is 3. The Morgan fingerprint density at radius 2 is 1.74 bits per heavy atom. The fourth-order valence-electron chi connectivity index (χ4n) is 4.83. The summed E-state index contributed by atoms with van der Waals surface area (Å²) >= 11 is 0. The SMILES string of the molecule is Cc1cc(Nc2nccn3c(-c4ccc(OC(F)F)cc4)cnc23)ccc1C(=O)N1CCN(C(=O)CNC(=O)CN)CC1. The third kappa shape index (κ3) is 6.70. The van der Waals surface area contributed by atoms with Crippen molar-refractivity contribution in [3.8, 4) is 17.0 Å². The number of halogens is 2. The van der Waals surface area contributed by atoms with Gasteiger partial charge in [0.1, 0.15) is 5.75 Å². The van der Waals surface area contributed by atoms with Crippen molar-refractivity contribution in [2.45, 2.75) is 13.5 Å². The number of nitrogens with two attached hydrogens (primary N) is 1. The minimum Gasteiger partial charge on any atom is -0.435 e. The van der Waals surface area contributed by atoms with E-state index in [1.165, 1.54) is 12.1 Å². The molecule has 3 heterocycles. The first-order chi connectivity index (χ1) is 20.7. The molecular weight excluding hydrogens is 562 g/mol. The third-order valence-electron chi connectivity index (χ3n) is 7.06. The number of imidazole rings is 1. The molecule has 1 fully saturated rings. The smallest absolute Gasteiger partial charge is 0.387 e. The van der Waals surface area contributed by atoms with E-state index in [4.69, 9.17) is 5.73 Å². The number of anilines is 2. The molecule has 1 saturated heterocycles. The Balaban J connectivity index is 1.24. The van der Waals surface area contributed by atoms with Gasteiger partial charge in [-0.25, -0.2) is 9.97 Å². The van der Waals surface area contributed by atoms with Gasteiger partial charge in [-0.1, -0.05) is 0 Å². The Kier molecular flexibility index (Phi) is 8.76. The largest absolute Gasteiger partial charge is 0.435 e. The van der Waals surface area contributed by atoms with Crippen molar-refractivity contribution in [2.24, 2.45) is 5.73 Å². The molecule has 2 aromatic heterocycles. The van der Waals surface area contributed by atoms with E-state index >= 15 is 0 Å². The lowest BCUT2D eigenvalue weighted by Gasteiger charge is -2.35. The van der Waals surface area contributed by atoms with E-state index in [1.54, 1.807) is 52.7 Å². The molecule has 2 aromatic carbocycles. The molecular formula is C29H30F2N8O4. The monoisotopic (exact) mass is 592 g/mol. The number of aromatic nitrogens is 3. The molecule has 4 aromatic rings. The molecule has 5 rings (SSSR count). The first-order valence-corrected chi connectivity index (χ1v) is 13.5. The zero-order valence-electron chi connectivity index (χ0n) is 23.3. The standard InChI is InChI=1S/C29H30F2N8O4/c1-18-14-20(4-7-22(18)28(42)38-12-10-37(11-13-38)25(41)17-34-24(40)15-32)36-26-27-35-16-23(39(27)9-8-33-26)19-2-5-21(6-3-19)43-29(30)31/h2-9,14,16,29H,10-13,15,17,32H2,1H3,(H,33,36)(H,34,40). The molecule has 0 aliphatic carbocycles. The molecule has 43 heavy (non-hydrogen) atoms. The van der Waals surface area contributed by atoms with Crippen molar-refractivity contribution < 1.29 is 27.9 Å². The lowest BCUT2D eigenvalue weighted by molar-refractivity contribution is -0.133. The predicted octanol–water partition coefficient (Wildman–Crippen LogP) is 2.41. The summed E-state index contributed by atoms with van der Waals surface area (Å²) in [5, 5.41) is 5.73. The van der Waals surface area contributed by atoms with Crippen LogP contribution >= 0.6 is 0 Å². The molecule has 14 heteroatoms. The van der Waals surface area contributed by atoms with Crippen molar-refractivity contribution in [2.75, 3.05) is 44.6 Å². The quantitative estimate of drug-likeness (QED) is 0.269. The zero-order chi connectivity index (χ0) is 30.5. The first-order valence-electron chi connectivity index (χ1n) is 13.5. The molecule has 12 nitrogen and oxygen atoms in total. The molecule has 1 aliphatic heterocycles. The molecule has 0 atom stereocenters. The highest BCUT2D eigenvalue weighted by atomic mass is 19.3. The second-order valence-electron chi connectivity index (χ2n) is 9.82. The van der Waals surface area contributed by atoms with Gasteiger partial charge in [-0.2, -0.15) is 8.78 Å². The maximum Gasteiger partial charge on any atom is 0.387 e. The summed E-state index contributed by atoms with van der Waals surface area (Å²) in [5.74, 6) is -0.183. The van der Waals surface area contributed by atoms with Crippen LogP contribution in [0.4, 0.5) is 20.3 Å². The second-order valence-corrected chi connectivity index (χ2v) is 9.82. The van der Waals surface area contributed by atoms with Crippen molar-refractivity contribution in [1.82, 2.24) is 29.5 Å². The number of hydrogen-bond donors (Lipinski definition) is 3. The normalized spacial score (nSPS) is 13.3. The van der Waals surface area contributed by atoms with E-state index in [0.29, 0.717) is 48.9 Å². The number of carbonyl (C=O) groups is 3. The van der Waals surface area contributed by atoms with Crippen molar-refractivity contribution >= 4 is 34.9 Å². The Bertz CT molecular complexity index is 1640. The average molecular weight is 593 g/mol. The van der Waals surface area contributed by atoms with Gasteiger partial charge in [0.2, 0.25) is 11.8 Å². The highest BCUT2D eigenvalue weighted by molar-refractivity contribution is 5.96. The van der Waals surface area contributed by atoms with Crippen LogP contribution < -0.4 is 21.1 Å². The van der Waals surface area contributed by atoms with Gasteiger partial charge in [-0.05, 0) is 55.0 Å². The average Bonchev–Trinajstić information content (AvgIpc) is 3.45. The maximum absolute atomic E-state index is 13.3. The summed E-state index contributed by atoms with van der Waals surface area (Å²) in [4.78, 5) is 49.2. The van der Waals surface area contributed by atoms with Crippen LogP contribution in [0.2, 0.25) is 0 Å². The van der Waals surface area contributed by atoms with E-state index in [9.17, 15) is 23.2 Å². The van der Waals surface area contributed by atoms with Crippen molar-refractivity contribution in [3.63, 3.8) is 0 Å². The number of rotatable bonds is 9. The van der Waals surface area contributed by atoms with Crippen molar-refractivity contribution in [1.29, 1.82) is 0 Å². The van der Waals surface area contributed by atoms with Gasteiger partial charge in [-0.3, -0.25) is 18.8 Å². The van der Waals surface area contributed by atoms with Crippen LogP contribution in [0.5, 0.6) is 5.75 Å². The molecule has 1 aliphatic rings. The van der Waals surface area contributed by atoms with Gasteiger partial charge in [0, 0.05) is 55.4 Å². The van der Waals surface area contributed by atoms with Crippen LogP contribution in [0.1, 0.15) is 15.9 Å². The Labute approximate surface area is 245 Å². The fourth-order valence-corrected chi connectivity index (χ4v) is 4.83. The minimum absolute atomic E-state index is 0.0663. The van der Waals surface area contributed by atoms with Crippen LogP contribution in [0.15, 0.2) is 61.1 Å². The summed E-state index contributed by atoms with van der Waals surface area (Å²) in [5.41, 5.74) is 9.32. The lowest BCUT2D eigenvalue weighted by atomic mass is 10.1. The number of amides is 3. The maximum atomic E-state index is 13.3. The first kappa shape index (κ1) is 29.4. The molecule has 0 bridgehead atoms. The number of nitrogens with zero attached hydrogens (tertiary/aromatic N) is 5.